The SMILES string of the molecule is COc1ccc(CCCC(=O)Nc2ccnn2C2CCCC2)cc1. The van der Waals surface area contributed by atoms with Crippen molar-refractivity contribution in [2.24, 2.45) is 0 Å². The van der Waals surface area contributed by atoms with Gasteiger partial charge in [-0.25, -0.2) is 4.68 Å². The van der Waals surface area contributed by atoms with Gasteiger partial charge in [0.25, 0.3) is 0 Å². The number of hydrogen-bond donors (Lipinski definition) is 1. The molecule has 0 radical (unpaired) electrons. The average Bonchev–Trinajstić information content (AvgIpc) is 3.26. The van der Waals surface area contributed by atoms with Crippen LogP contribution >= 0.6 is 0 Å². The molecular weight excluding hydrogens is 302 g/mol. The number of nitrogens with one attached hydrogen (secondary N) is 1. The normalized spacial score (nSPS) is 14.7. The number of anilines is 1. The molecule has 0 spiro atoms. The smallest absolute Gasteiger partial charge is 0.225 e. The van der Waals surface area contributed by atoms with Crippen LogP contribution in [-0.2, 0) is 11.2 Å². The average molecular weight is 327 g/mol. The van der Waals surface area contributed by atoms with Gasteiger partial charge < -0.3 is 10.1 Å². The minimum Gasteiger partial charge on any atom is -0.497 e. The van der Waals surface area contributed by atoms with Crippen LogP contribution in [0.25, 0.3) is 0 Å². The first-order valence-electron chi connectivity index (χ1n) is 8.72. The maximum absolute atomic E-state index is 12.2. The third kappa shape index (κ3) is 4.16. The highest BCUT2D eigenvalue weighted by molar-refractivity contribution is 5.89. The van der Waals surface area contributed by atoms with Crippen molar-refractivity contribution in [3.8, 4) is 5.75 Å². The van der Waals surface area contributed by atoms with E-state index < -0.39 is 0 Å². The van der Waals surface area contributed by atoms with Crippen LogP contribution in [0.1, 0.15) is 50.1 Å². The Hall–Kier alpha value is -2.30. The van der Waals surface area contributed by atoms with Crippen LogP contribution in [-0.4, -0.2) is 22.8 Å². The Morgan fingerprint density at radius 1 is 1.25 bits per heavy atom. The van der Waals surface area contributed by atoms with Gasteiger partial charge in [0, 0.05) is 12.5 Å². The molecule has 24 heavy (non-hydrogen) atoms. The molecular formula is C19H25N3O2. The Morgan fingerprint density at radius 2 is 2.00 bits per heavy atom. The molecule has 1 N–H and O–H groups in total. The topological polar surface area (TPSA) is 56.1 Å². The number of nitrogens with zero attached hydrogens (tertiary/aromatic N) is 2. The molecule has 1 aromatic carbocycles. The number of aromatic nitrogens is 2. The summed E-state index contributed by atoms with van der Waals surface area (Å²) in [6, 6.07) is 10.3. The molecule has 1 amide bonds. The number of carbonyl (C=O) groups excluding carboxylic acids is 1. The molecule has 0 atom stereocenters. The second-order valence-electron chi connectivity index (χ2n) is 6.35. The van der Waals surface area contributed by atoms with E-state index in [4.69, 9.17) is 4.74 Å². The van der Waals surface area contributed by atoms with Gasteiger partial charge in [-0.3, -0.25) is 4.79 Å². The molecule has 0 bridgehead atoms. The summed E-state index contributed by atoms with van der Waals surface area (Å²) in [6.07, 6.45) is 8.81. The first-order valence-corrected chi connectivity index (χ1v) is 8.72. The summed E-state index contributed by atoms with van der Waals surface area (Å²) in [4.78, 5) is 12.2. The Labute approximate surface area is 143 Å². The van der Waals surface area contributed by atoms with E-state index in [0.717, 1.165) is 37.3 Å². The number of ether oxygens (including phenoxy) is 1. The van der Waals surface area contributed by atoms with Gasteiger partial charge in [0.05, 0.1) is 19.3 Å². The van der Waals surface area contributed by atoms with E-state index in [1.807, 2.05) is 35.0 Å². The van der Waals surface area contributed by atoms with Gasteiger partial charge in [0.1, 0.15) is 11.6 Å². The molecule has 1 saturated carbocycles. The predicted molar refractivity (Wildman–Crippen MR) is 94.3 cm³/mol. The highest BCUT2D eigenvalue weighted by Crippen LogP contribution is 2.31. The fourth-order valence-corrected chi connectivity index (χ4v) is 3.30. The number of aryl methyl sites for hydroxylation is 1. The van der Waals surface area contributed by atoms with Gasteiger partial charge >= 0.3 is 0 Å². The number of methoxy groups -OCH3 is 1. The molecule has 1 aromatic heterocycles. The van der Waals surface area contributed by atoms with Crippen molar-refractivity contribution < 1.29 is 9.53 Å². The summed E-state index contributed by atoms with van der Waals surface area (Å²) in [5.41, 5.74) is 1.22. The Balaban J connectivity index is 1.46. The molecule has 1 aliphatic carbocycles. The molecule has 5 heteroatoms. The number of hydrogen-bond acceptors (Lipinski definition) is 3. The fraction of sp³-hybridized carbons (Fsp3) is 0.474. The zero-order valence-corrected chi connectivity index (χ0v) is 14.2. The lowest BCUT2D eigenvalue weighted by molar-refractivity contribution is -0.116. The summed E-state index contributed by atoms with van der Waals surface area (Å²) < 4.78 is 7.13. The van der Waals surface area contributed by atoms with Crippen LogP contribution in [0.2, 0.25) is 0 Å². The van der Waals surface area contributed by atoms with Gasteiger partial charge in [-0.15, -0.1) is 0 Å². The lowest BCUT2D eigenvalue weighted by atomic mass is 10.1. The van der Waals surface area contributed by atoms with E-state index >= 15 is 0 Å². The highest BCUT2D eigenvalue weighted by atomic mass is 16.5. The third-order valence-electron chi connectivity index (χ3n) is 4.64. The van der Waals surface area contributed by atoms with Crippen molar-refractivity contribution in [3.05, 3.63) is 42.1 Å². The molecule has 0 aliphatic heterocycles. The lowest BCUT2D eigenvalue weighted by Gasteiger charge is -2.14. The van der Waals surface area contributed by atoms with Gasteiger partial charge in [0.15, 0.2) is 0 Å². The minimum absolute atomic E-state index is 0.0586. The zero-order valence-electron chi connectivity index (χ0n) is 14.2. The van der Waals surface area contributed by atoms with Crippen LogP contribution in [0.15, 0.2) is 36.5 Å². The minimum atomic E-state index is 0.0586. The van der Waals surface area contributed by atoms with Gasteiger partial charge in [-0.1, -0.05) is 25.0 Å². The predicted octanol–water partition coefficient (Wildman–Crippen LogP) is 3.97. The summed E-state index contributed by atoms with van der Waals surface area (Å²) in [5.74, 6) is 1.75. The quantitative estimate of drug-likeness (QED) is 0.837. The number of rotatable bonds is 7. The zero-order chi connectivity index (χ0) is 16.8. The van der Waals surface area contributed by atoms with E-state index in [-0.39, 0.29) is 5.91 Å². The van der Waals surface area contributed by atoms with Crippen molar-refractivity contribution in [2.45, 2.75) is 51.0 Å². The monoisotopic (exact) mass is 327 g/mol. The second kappa shape index (κ2) is 7.99. The van der Waals surface area contributed by atoms with E-state index in [0.29, 0.717) is 12.5 Å². The van der Waals surface area contributed by atoms with Crippen LogP contribution in [0.5, 0.6) is 5.75 Å². The molecule has 0 unspecified atom stereocenters. The Bertz CT molecular complexity index is 658. The van der Waals surface area contributed by atoms with Crippen LogP contribution in [0, 0.1) is 0 Å². The third-order valence-corrected chi connectivity index (χ3v) is 4.64. The van der Waals surface area contributed by atoms with Crippen molar-refractivity contribution in [1.29, 1.82) is 0 Å². The standard InChI is InChI=1S/C19H25N3O2/c1-24-17-11-9-15(10-12-17)5-4-8-19(23)21-18-13-14-20-22(18)16-6-2-3-7-16/h9-14,16H,2-8H2,1H3,(H,21,23). The summed E-state index contributed by atoms with van der Waals surface area (Å²) in [5, 5.41) is 7.40. The van der Waals surface area contributed by atoms with Crippen LogP contribution in [0.4, 0.5) is 5.82 Å². The summed E-state index contributed by atoms with van der Waals surface area (Å²) in [6.45, 7) is 0. The van der Waals surface area contributed by atoms with Crippen molar-refractivity contribution in [2.75, 3.05) is 12.4 Å². The molecule has 1 aliphatic rings. The van der Waals surface area contributed by atoms with Gasteiger partial charge in [-0.05, 0) is 43.4 Å². The van der Waals surface area contributed by atoms with Gasteiger partial charge in [-0.2, -0.15) is 5.10 Å². The van der Waals surface area contributed by atoms with Crippen molar-refractivity contribution in [1.82, 2.24) is 9.78 Å². The molecule has 1 heterocycles. The largest absolute Gasteiger partial charge is 0.497 e. The van der Waals surface area contributed by atoms with Crippen LogP contribution in [0.3, 0.4) is 0 Å². The first-order chi connectivity index (χ1) is 11.8. The summed E-state index contributed by atoms with van der Waals surface area (Å²) >= 11 is 0. The molecule has 3 rings (SSSR count). The van der Waals surface area contributed by atoms with Crippen molar-refractivity contribution >= 4 is 11.7 Å². The molecule has 1 fully saturated rings. The molecule has 0 saturated heterocycles. The van der Waals surface area contributed by atoms with E-state index in [1.54, 1.807) is 13.3 Å². The molecule has 5 nitrogen and oxygen atoms in total. The summed E-state index contributed by atoms with van der Waals surface area (Å²) in [7, 11) is 1.66. The highest BCUT2D eigenvalue weighted by Gasteiger charge is 2.20. The number of carbonyl (C=O) groups is 1. The second-order valence-corrected chi connectivity index (χ2v) is 6.35. The fourth-order valence-electron chi connectivity index (χ4n) is 3.30. The lowest BCUT2D eigenvalue weighted by Crippen LogP contribution is -2.17. The first kappa shape index (κ1) is 16.6. The van der Waals surface area contributed by atoms with E-state index in [1.165, 1.54) is 18.4 Å². The van der Waals surface area contributed by atoms with E-state index in [9.17, 15) is 4.79 Å². The van der Waals surface area contributed by atoms with E-state index in [2.05, 4.69) is 10.4 Å². The number of amides is 1. The Kier molecular flexibility index (Phi) is 5.51. The van der Waals surface area contributed by atoms with Crippen molar-refractivity contribution in [3.63, 3.8) is 0 Å². The maximum atomic E-state index is 12.2. The molecule has 2 aromatic rings. The number of benzene rings is 1. The van der Waals surface area contributed by atoms with Gasteiger partial charge in [0.2, 0.25) is 5.91 Å². The maximum Gasteiger partial charge on any atom is 0.225 e. The van der Waals surface area contributed by atoms with Crippen LogP contribution < -0.4 is 10.1 Å². The Morgan fingerprint density at radius 3 is 2.71 bits per heavy atom. The molecule has 128 valence electrons.